The van der Waals surface area contributed by atoms with Crippen molar-refractivity contribution in [1.82, 2.24) is 9.21 Å². The van der Waals surface area contributed by atoms with Crippen molar-refractivity contribution in [2.75, 3.05) is 33.3 Å². The fraction of sp³-hybridized carbons (Fsp3) is 0.368. The molecule has 2 aromatic carbocycles. The molecule has 0 spiro atoms. The maximum atomic E-state index is 13.2. The van der Waals surface area contributed by atoms with Gasteiger partial charge in [0, 0.05) is 19.6 Å². The maximum Gasteiger partial charge on any atom is 0.243 e. The molecule has 0 aromatic heterocycles. The van der Waals surface area contributed by atoms with E-state index in [1.165, 1.54) is 0 Å². The zero-order valence-electron chi connectivity index (χ0n) is 14.6. The van der Waals surface area contributed by atoms with Gasteiger partial charge in [-0.05, 0) is 43.8 Å². The Labute approximate surface area is 149 Å². The van der Waals surface area contributed by atoms with Gasteiger partial charge in [0.15, 0.2) is 0 Å². The van der Waals surface area contributed by atoms with E-state index in [9.17, 15) is 8.42 Å². The summed E-state index contributed by atoms with van der Waals surface area (Å²) in [6.07, 6.45) is 0. The second-order valence-corrected chi connectivity index (χ2v) is 8.10. The first-order chi connectivity index (χ1) is 12.0. The summed E-state index contributed by atoms with van der Waals surface area (Å²) in [4.78, 5) is 2.48. The lowest BCUT2D eigenvalue weighted by molar-refractivity contribution is 0.160. The second-order valence-electron chi connectivity index (χ2n) is 6.21. The highest BCUT2D eigenvalue weighted by Crippen LogP contribution is 2.31. The normalized spacial score (nSPS) is 19.7. The lowest BCUT2D eigenvalue weighted by atomic mass is 10.1. The summed E-state index contributed by atoms with van der Waals surface area (Å²) in [5.74, 6) is 0.680. The van der Waals surface area contributed by atoms with E-state index < -0.39 is 10.0 Å². The first kappa shape index (κ1) is 17.9. The molecule has 1 atom stereocenters. The monoisotopic (exact) mass is 360 g/mol. The van der Waals surface area contributed by atoms with Crippen LogP contribution < -0.4 is 4.74 Å². The van der Waals surface area contributed by atoms with Crippen molar-refractivity contribution >= 4 is 10.0 Å². The Balaban J connectivity index is 1.93. The van der Waals surface area contributed by atoms with Crippen molar-refractivity contribution in [2.24, 2.45) is 0 Å². The van der Waals surface area contributed by atoms with E-state index in [2.05, 4.69) is 4.90 Å². The maximum absolute atomic E-state index is 13.2. The molecule has 1 unspecified atom stereocenters. The highest BCUT2D eigenvalue weighted by molar-refractivity contribution is 7.89. The first-order valence-corrected chi connectivity index (χ1v) is 9.94. The predicted molar refractivity (Wildman–Crippen MR) is 98.2 cm³/mol. The van der Waals surface area contributed by atoms with E-state index in [-0.39, 0.29) is 6.04 Å². The molecule has 0 radical (unpaired) electrons. The van der Waals surface area contributed by atoms with Gasteiger partial charge in [0.2, 0.25) is 10.0 Å². The molecule has 25 heavy (non-hydrogen) atoms. The minimum absolute atomic E-state index is 0.184. The fourth-order valence-corrected chi connectivity index (χ4v) is 4.74. The summed E-state index contributed by atoms with van der Waals surface area (Å²) in [5, 5.41) is 0. The topological polar surface area (TPSA) is 49.9 Å². The van der Waals surface area contributed by atoms with Gasteiger partial charge in [-0.2, -0.15) is 4.31 Å². The average Bonchev–Trinajstić information content (AvgIpc) is 2.63. The Morgan fingerprint density at radius 1 is 1.04 bits per heavy atom. The molecule has 0 saturated carbocycles. The third-order valence-electron chi connectivity index (χ3n) is 4.46. The van der Waals surface area contributed by atoms with Crippen molar-refractivity contribution in [2.45, 2.75) is 17.9 Å². The molecule has 0 amide bonds. The number of nitrogens with zero attached hydrogens (tertiary/aromatic N) is 2. The zero-order chi connectivity index (χ0) is 17.9. The third kappa shape index (κ3) is 3.86. The first-order valence-electron chi connectivity index (χ1n) is 8.50. The van der Waals surface area contributed by atoms with Crippen LogP contribution in [0.5, 0.6) is 5.75 Å². The number of rotatable bonds is 5. The van der Waals surface area contributed by atoms with Gasteiger partial charge < -0.3 is 9.64 Å². The van der Waals surface area contributed by atoms with Gasteiger partial charge in [0.25, 0.3) is 0 Å². The summed E-state index contributed by atoms with van der Waals surface area (Å²) >= 11 is 0. The van der Waals surface area contributed by atoms with Crippen LogP contribution in [0.25, 0.3) is 0 Å². The highest BCUT2D eigenvalue weighted by Gasteiger charge is 2.36. The molecule has 1 saturated heterocycles. The Kier molecular flexibility index (Phi) is 5.42. The predicted octanol–water partition coefficient (Wildman–Crippen LogP) is 2.76. The minimum atomic E-state index is -3.56. The lowest BCUT2D eigenvalue weighted by Crippen LogP contribution is -2.49. The quantitative estimate of drug-likeness (QED) is 0.823. The van der Waals surface area contributed by atoms with E-state index in [0.29, 0.717) is 30.3 Å². The molecule has 1 aliphatic heterocycles. The van der Waals surface area contributed by atoms with Crippen LogP contribution in [0.1, 0.15) is 18.5 Å². The largest absolute Gasteiger partial charge is 0.494 e. The van der Waals surface area contributed by atoms with Gasteiger partial charge in [-0.1, -0.05) is 30.3 Å². The molecule has 134 valence electrons. The summed E-state index contributed by atoms with van der Waals surface area (Å²) in [6, 6.07) is 16.3. The summed E-state index contributed by atoms with van der Waals surface area (Å²) in [6.45, 7) is 4.34. The van der Waals surface area contributed by atoms with E-state index in [0.717, 1.165) is 12.1 Å². The van der Waals surface area contributed by atoms with E-state index in [1.54, 1.807) is 28.6 Å². The molecular formula is C19H24N2O3S. The van der Waals surface area contributed by atoms with E-state index >= 15 is 0 Å². The average molecular weight is 360 g/mol. The van der Waals surface area contributed by atoms with Gasteiger partial charge in [-0.15, -0.1) is 0 Å². The zero-order valence-corrected chi connectivity index (χ0v) is 15.4. The van der Waals surface area contributed by atoms with Crippen LogP contribution in [-0.4, -0.2) is 50.9 Å². The molecule has 1 aliphatic rings. The van der Waals surface area contributed by atoms with Crippen LogP contribution in [0.3, 0.4) is 0 Å². The van der Waals surface area contributed by atoms with Crippen LogP contribution in [0.15, 0.2) is 59.5 Å². The van der Waals surface area contributed by atoms with Crippen molar-refractivity contribution in [3.63, 3.8) is 0 Å². The van der Waals surface area contributed by atoms with Crippen molar-refractivity contribution in [3.8, 4) is 5.75 Å². The highest BCUT2D eigenvalue weighted by atomic mass is 32.2. The molecule has 0 bridgehead atoms. The smallest absolute Gasteiger partial charge is 0.243 e. The van der Waals surface area contributed by atoms with Gasteiger partial charge in [-0.25, -0.2) is 8.42 Å². The summed E-state index contributed by atoms with van der Waals surface area (Å²) in [7, 11) is -1.54. The number of hydrogen-bond acceptors (Lipinski definition) is 4. The molecule has 0 aliphatic carbocycles. The number of benzene rings is 2. The summed E-state index contributed by atoms with van der Waals surface area (Å²) in [5.41, 5.74) is 1.02. The third-order valence-corrected chi connectivity index (χ3v) is 6.38. The van der Waals surface area contributed by atoms with Gasteiger partial charge in [-0.3, -0.25) is 0 Å². The summed E-state index contributed by atoms with van der Waals surface area (Å²) < 4.78 is 33.5. The van der Waals surface area contributed by atoms with Gasteiger partial charge in [0.05, 0.1) is 17.5 Å². The molecule has 1 fully saturated rings. The van der Waals surface area contributed by atoms with Crippen molar-refractivity contribution in [3.05, 3.63) is 60.2 Å². The minimum Gasteiger partial charge on any atom is -0.494 e. The molecule has 1 heterocycles. The van der Waals surface area contributed by atoms with Crippen LogP contribution >= 0.6 is 0 Å². The molecular weight excluding hydrogens is 336 g/mol. The van der Waals surface area contributed by atoms with Crippen LogP contribution in [0.2, 0.25) is 0 Å². The molecule has 2 aromatic rings. The fourth-order valence-electron chi connectivity index (χ4n) is 3.15. The number of piperazine rings is 1. The number of sulfonamides is 1. The Morgan fingerprint density at radius 3 is 2.36 bits per heavy atom. The number of likely N-dealkylation sites (N-methyl/N-ethyl adjacent to an activating group) is 1. The lowest BCUT2D eigenvalue weighted by Gasteiger charge is -2.39. The van der Waals surface area contributed by atoms with Gasteiger partial charge >= 0.3 is 0 Å². The van der Waals surface area contributed by atoms with E-state index in [4.69, 9.17) is 4.74 Å². The molecule has 0 N–H and O–H groups in total. The number of hydrogen-bond donors (Lipinski definition) is 0. The van der Waals surface area contributed by atoms with E-state index in [1.807, 2.05) is 44.3 Å². The van der Waals surface area contributed by atoms with Crippen LogP contribution in [0.4, 0.5) is 0 Å². The van der Waals surface area contributed by atoms with Crippen molar-refractivity contribution < 1.29 is 13.2 Å². The Bertz CT molecular complexity index is 791. The second kappa shape index (κ2) is 7.56. The number of ether oxygens (including phenoxy) is 1. The molecule has 5 nitrogen and oxygen atoms in total. The SMILES string of the molecule is CCOc1ccc(S(=O)(=O)N2CCN(C)CC2c2ccccc2)cc1. The van der Waals surface area contributed by atoms with Crippen molar-refractivity contribution in [1.29, 1.82) is 0 Å². The molecule has 3 rings (SSSR count). The van der Waals surface area contributed by atoms with Crippen LogP contribution in [0, 0.1) is 0 Å². The Morgan fingerprint density at radius 2 is 1.72 bits per heavy atom. The van der Waals surface area contributed by atoms with Crippen LogP contribution in [-0.2, 0) is 10.0 Å². The van der Waals surface area contributed by atoms with Gasteiger partial charge in [0.1, 0.15) is 5.75 Å². The molecule has 6 heteroatoms. The Hall–Kier alpha value is -1.89. The standard InChI is InChI=1S/C19H24N2O3S/c1-3-24-17-9-11-18(12-10-17)25(22,23)21-14-13-20(2)15-19(21)16-7-5-4-6-8-16/h4-12,19H,3,13-15H2,1-2H3.